The Morgan fingerprint density at radius 1 is 1.22 bits per heavy atom. The Kier molecular flexibility index (Phi) is 4.44. The molecule has 0 bridgehead atoms. The monoisotopic (exact) mass is 267 g/mol. The van der Waals surface area contributed by atoms with Crippen LogP contribution >= 0.6 is 11.6 Å². The third kappa shape index (κ3) is 3.05. The molecule has 1 aromatic carbocycles. The smallest absolute Gasteiger partial charge is 0.241 e. The molecule has 0 radical (unpaired) electrons. The van der Waals surface area contributed by atoms with E-state index in [0.717, 1.165) is 16.8 Å². The van der Waals surface area contributed by atoms with Crippen LogP contribution in [0.2, 0.25) is 0 Å². The number of alkyl halides is 1. The maximum atomic E-state index is 11.7. The highest BCUT2D eigenvalue weighted by atomic mass is 35.5. The van der Waals surface area contributed by atoms with Crippen molar-refractivity contribution in [2.75, 3.05) is 17.8 Å². The number of amides is 1. The molecule has 0 N–H and O–H groups in total. The minimum absolute atomic E-state index is 0.0103. The number of benzene rings is 1. The molecular formula is C15H22ClNO. The summed E-state index contributed by atoms with van der Waals surface area (Å²) in [6.07, 6.45) is 0. The van der Waals surface area contributed by atoms with Gasteiger partial charge in [0, 0.05) is 12.7 Å². The highest BCUT2D eigenvalue weighted by Gasteiger charge is 2.19. The average Bonchev–Trinajstić information content (AvgIpc) is 2.25. The van der Waals surface area contributed by atoms with E-state index >= 15 is 0 Å². The molecule has 2 nitrogen and oxygen atoms in total. The molecule has 100 valence electrons. The van der Waals surface area contributed by atoms with Crippen LogP contribution in [-0.4, -0.2) is 18.8 Å². The van der Waals surface area contributed by atoms with E-state index in [4.69, 9.17) is 11.6 Å². The molecule has 18 heavy (non-hydrogen) atoms. The van der Waals surface area contributed by atoms with Crippen molar-refractivity contribution in [2.24, 2.45) is 0 Å². The zero-order valence-corrected chi connectivity index (χ0v) is 12.9. The molecule has 0 aliphatic heterocycles. The van der Waals surface area contributed by atoms with Crippen LogP contribution in [0, 0.1) is 13.8 Å². The zero-order valence-electron chi connectivity index (χ0n) is 12.1. The standard InChI is InChI=1S/C15H22ClNO/c1-10-7-12(15(3,4)5)8-11(2)14(10)17(6)13(18)9-16/h7-8H,9H2,1-6H3. The summed E-state index contributed by atoms with van der Waals surface area (Å²) < 4.78 is 0. The topological polar surface area (TPSA) is 20.3 Å². The van der Waals surface area contributed by atoms with Gasteiger partial charge in [-0.2, -0.15) is 0 Å². The van der Waals surface area contributed by atoms with Crippen LogP contribution in [-0.2, 0) is 10.2 Å². The normalized spacial score (nSPS) is 11.5. The molecule has 1 rings (SSSR count). The molecule has 1 amide bonds. The van der Waals surface area contributed by atoms with E-state index < -0.39 is 0 Å². The molecule has 0 saturated carbocycles. The molecule has 3 heteroatoms. The Morgan fingerprint density at radius 2 is 1.67 bits per heavy atom. The molecule has 0 unspecified atom stereocenters. The first-order chi connectivity index (χ1) is 8.18. The first kappa shape index (κ1) is 15.0. The summed E-state index contributed by atoms with van der Waals surface area (Å²) in [4.78, 5) is 13.3. The molecule has 0 fully saturated rings. The summed E-state index contributed by atoms with van der Waals surface area (Å²) in [5.74, 6) is -0.0671. The molecule has 0 atom stereocenters. The number of carbonyl (C=O) groups is 1. The third-order valence-corrected chi connectivity index (χ3v) is 3.41. The van der Waals surface area contributed by atoms with Gasteiger partial charge in [-0.3, -0.25) is 4.79 Å². The summed E-state index contributed by atoms with van der Waals surface area (Å²) in [7, 11) is 1.77. The number of halogens is 1. The lowest BCUT2D eigenvalue weighted by molar-refractivity contribution is -0.116. The fourth-order valence-electron chi connectivity index (χ4n) is 2.13. The summed E-state index contributed by atoms with van der Waals surface area (Å²) in [5, 5.41) is 0. The van der Waals surface area contributed by atoms with Crippen molar-refractivity contribution in [3.63, 3.8) is 0 Å². The van der Waals surface area contributed by atoms with Crippen LogP contribution in [0.4, 0.5) is 5.69 Å². The quantitative estimate of drug-likeness (QED) is 0.747. The lowest BCUT2D eigenvalue weighted by atomic mass is 9.84. The van der Waals surface area contributed by atoms with Gasteiger partial charge in [0.25, 0.3) is 0 Å². The molecule has 1 aromatic rings. The van der Waals surface area contributed by atoms with E-state index in [2.05, 4.69) is 32.9 Å². The summed E-state index contributed by atoms with van der Waals surface area (Å²) in [5.41, 5.74) is 4.59. The number of aryl methyl sites for hydroxylation is 2. The SMILES string of the molecule is Cc1cc(C(C)(C)C)cc(C)c1N(C)C(=O)CCl. The predicted octanol–water partition coefficient (Wildman–Crippen LogP) is 3.80. The van der Waals surface area contributed by atoms with Gasteiger partial charge < -0.3 is 4.90 Å². The summed E-state index contributed by atoms with van der Waals surface area (Å²) in [6, 6.07) is 4.31. The molecule has 0 aromatic heterocycles. The van der Waals surface area contributed by atoms with Crippen LogP contribution in [0.3, 0.4) is 0 Å². The Hall–Kier alpha value is -1.02. The van der Waals surface area contributed by atoms with E-state index in [1.807, 2.05) is 13.8 Å². The van der Waals surface area contributed by atoms with Crippen LogP contribution in [0.5, 0.6) is 0 Å². The van der Waals surface area contributed by atoms with Gasteiger partial charge in [-0.25, -0.2) is 0 Å². The van der Waals surface area contributed by atoms with Gasteiger partial charge in [0.15, 0.2) is 0 Å². The van der Waals surface area contributed by atoms with Crippen molar-refractivity contribution in [1.29, 1.82) is 0 Å². The summed E-state index contributed by atoms with van der Waals surface area (Å²) in [6.45, 7) is 10.6. The minimum atomic E-state index is -0.0774. The molecule has 0 heterocycles. The van der Waals surface area contributed by atoms with Crippen molar-refractivity contribution < 1.29 is 4.79 Å². The Balaban J connectivity index is 3.29. The van der Waals surface area contributed by atoms with Gasteiger partial charge in [0.1, 0.15) is 5.88 Å². The van der Waals surface area contributed by atoms with E-state index in [1.54, 1.807) is 11.9 Å². The molecule has 0 spiro atoms. The second-order valence-corrected chi connectivity index (χ2v) is 6.06. The Bertz CT molecular complexity index is 437. The van der Waals surface area contributed by atoms with Crippen molar-refractivity contribution in [3.8, 4) is 0 Å². The first-order valence-electron chi connectivity index (χ1n) is 6.12. The van der Waals surface area contributed by atoms with Gasteiger partial charge in [0.2, 0.25) is 5.91 Å². The largest absolute Gasteiger partial charge is 0.314 e. The highest BCUT2D eigenvalue weighted by Crippen LogP contribution is 2.31. The van der Waals surface area contributed by atoms with Crippen LogP contribution in [0.15, 0.2) is 12.1 Å². The molecule has 0 aliphatic rings. The molecule has 0 saturated heterocycles. The van der Waals surface area contributed by atoms with Gasteiger partial charge in [-0.1, -0.05) is 32.9 Å². The summed E-state index contributed by atoms with van der Waals surface area (Å²) >= 11 is 5.61. The maximum absolute atomic E-state index is 11.7. The lowest BCUT2D eigenvalue weighted by Crippen LogP contribution is -2.29. The predicted molar refractivity (Wildman–Crippen MR) is 78.7 cm³/mol. The van der Waals surface area contributed by atoms with E-state index in [9.17, 15) is 4.79 Å². The highest BCUT2D eigenvalue weighted by molar-refractivity contribution is 6.29. The number of rotatable bonds is 2. The lowest BCUT2D eigenvalue weighted by Gasteiger charge is -2.26. The molecular weight excluding hydrogens is 246 g/mol. The van der Waals surface area contributed by atoms with E-state index in [0.29, 0.717) is 0 Å². The van der Waals surface area contributed by atoms with Crippen molar-refractivity contribution in [2.45, 2.75) is 40.0 Å². The fraction of sp³-hybridized carbons (Fsp3) is 0.533. The number of hydrogen-bond donors (Lipinski definition) is 0. The Morgan fingerprint density at radius 3 is 2.00 bits per heavy atom. The number of carbonyl (C=O) groups excluding carboxylic acids is 1. The van der Waals surface area contributed by atoms with Crippen molar-refractivity contribution >= 4 is 23.2 Å². The maximum Gasteiger partial charge on any atom is 0.241 e. The second-order valence-electron chi connectivity index (χ2n) is 5.80. The van der Waals surface area contributed by atoms with Gasteiger partial charge in [-0.15, -0.1) is 11.6 Å². The average molecular weight is 268 g/mol. The molecule has 0 aliphatic carbocycles. The fourth-order valence-corrected chi connectivity index (χ4v) is 2.31. The van der Waals surface area contributed by atoms with Gasteiger partial charge >= 0.3 is 0 Å². The van der Waals surface area contributed by atoms with Crippen LogP contribution in [0.1, 0.15) is 37.5 Å². The van der Waals surface area contributed by atoms with Crippen molar-refractivity contribution in [3.05, 3.63) is 28.8 Å². The minimum Gasteiger partial charge on any atom is -0.314 e. The number of anilines is 1. The van der Waals surface area contributed by atoms with Crippen LogP contribution < -0.4 is 4.90 Å². The third-order valence-electron chi connectivity index (χ3n) is 3.18. The second kappa shape index (κ2) is 5.31. The van der Waals surface area contributed by atoms with Crippen LogP contribution in [0.25, 0.3) is 0 Å². The number of nitrogens with zero attached hydrogens (tertiary/aromatic N) is 1. The van der Waals surface area contributed by atoms with E-state index in [1.165, 1.54) is 5.56 Å². The first-order valence-corrected chi connectivity index (χ1v) is 6.66. The Labute approximate surface area is 115 Å². The zero-order chi connectivity index (χ0) is 14.1. The number of hydrogen-bond acceptors (Lipinski definition) is 1. The van der Waals surface area contributed by atoms with Crippen molar-refractivity contribution in [1.82, 2.24) is 0 Å². The van der Waals surface area contributed by atoms with E-state index in [-0.39, 0.29) is 17.2 Å². The van der Waals surface area contributed by atoms with Gasteiger partial charge in [0.05, 0.1) is 0 Å². The van der Waals surface area contributed by atoms with Gasteiger partial charge in [-0.05, 0) is 36.0 Å².